The Kier molecular flexibility index (Phi) is 14.5. The van der Waals surface area contributed by atoms with Gasteiger partial charge in [-0.15, -0.1) is 0 Å². The fourth-order valence-corrected chi connectivity index (χ4v) is 6.68. The number of allylic oxidation sites excluding steroid dienone is 4. The number of imidazole rings is 1. The molecule has 0 spiro atoms. The Morgan fingerprint density at radius 1 is 1.09 bits per heavy atom. The molecule has 1 aliphatic rings. The minimum Gasteiger partial charge on any atom is -0.462 e. The Hall–Kier alpha value is -2.98. The molecule has 46 heavy (non-hydrogen) atoms. The number of hydrogen-bond acceptors (Lipinski definition) is 7. The number of unbranched alkanes of at least 4 members (excludes halogenated alkanes) is 8. The van der Waals surface area contributed by atoms with Crippen LogP contribution in [0, 0.1) is 5.92 Å². The van der Waals surface area contributed by atoms with E-state index in [1.165, 1.54) is 38.5 Å². The van der Waals surface area contributed by atoms with Crippen molar-refractivity contribution in [3.8, 4) is 0 Å². The number of aromatic nitrogens is 4. The van der Waals surface area contributed by atoms with E-state index in [1.54, 1.807) is 6.33 Å². The number of anilines is 1. The summed E-state index contributed by atoms with van der Waals surface area (Å²) >= 11 is 0. The zero-order valence-electron chi connectivity index (χ0n) is 29.3. The Morgan fingerprint density at radius 2 is 1.74 bits per heavy atom. The van der Waals surface area contributed by atoms with Crippen LogP contribution in [0.25, 0.3) is 11.2 Å². The Balaban J connectivity index is 1.50. The molecule has 2 aromatic rings. The SMILES string of the molecule is C=C1C(CO[Si](C)(C)C(C)(C)C)C(OC(=O)CCCCCCC/C=C/C/C=C/CCCCC)CC1n1cnc2c(=O)[nH]c(N)nc21. The highest BCUT2D eigenvalue weighted by atomic mass is 28.4. The van der Waals surface area contributed by atoms with Crippen LogP contribution in [-0.2, 0) is 14.0 Å². The molecule has 10 heteroatoms. The average molecular weight is 654 g/mol. The number of fused-ring (bicyclic) bond motifs is 1. The smallest absolute Gasteiger partial charge is 0.306 e. The minimum absolute atomic E-state index is 0.0287. The molecule has 0 aliphatic heterocycles. The zero-order chi connectivity index (χ0) is 33.7. The van der Waals surface area contributed by atoms with E-state index in [9.17, 15) is 9.59 Å². The number of rotatable bonds is 19. The molecule has 2 heterocycles. The largest absolute Gasteiger partial charge is 0.462 e. The number of nitrogens with two attached hydrogens (primary N) is 1. The molecule has 0 bridgehead atoms. The van der Waals surface area contributed by atoms with Crippen LogP contribution in [-0.4, -0.2) is 46.5 Å². The van der Waals surface area contributed by atoms with E-state index < -0.39 is 8.32 Å². The van der Waals surface area contributed by atoms with Gasteiger partial charge in [-0.3, -0.25) is 14.6 Å². The van der Waals surface area contributed by atoms with Crippen molar-refractivity contribution in [1.82, 2.24) is 19.5 Å². The van der Waals surface area contributed by atoms with E-state index in [0.717, 1.165) is 37.7 Å². The number of ether oxygens (including phenoxy) is 1. The summed E-state index contributed by atoms with van der Waals surface area (Å²) in [4.78, 5) is 36.6. The fraction of sp³-hybridized carbons (Fsp3) is 0.667. The summed E-state index contributed by atoms with van der Waals surface area (Å²) in [6.45, 7) is 18.2. The molecule has 3 atom stereocenters. The summed E-state index contributed by atoms with van der Waals surface area (Å²) in [7, 11) is -2.06. The summed E-state index contributed by atoms with van der Waals surface area (Å²) in [5.74, 6) is -0.332. The lowest BCUT2D eigenvalue weighted by molar-refractivity contribution is -0.151. The van der Waals surface area contributed by atoms with Crippen LogP contribution in [0.15, 0.2) is 47.6 Å². The maximum atomic E-state index is 13.0. The van der Waals surface area contributed by atoms with Gasteiger partial charge in [0.2, 0.25) is 5.95 Å². The monoisotopic (exact) mass is 653 g/mol. The van der Waals surface area contributed by atoms with Gasteiger partial charge in [-0.25, -0.2) is 4.98 Å². The maximum Gasteiger partial charge on any atom is 0.306 e. The van der Waals surface area contributed by atoms with Crippen LogP contribution in [0.4, 0.5) is 5.95 Å². The number of carbonyl (C=O) groups is 1. The molecule has 9 nitrogen and oxygen atoms in total. The number of esters is 1. The molecule has 3 unspecified atom stereocenters. The van der Waals surface area contributed by atoms with E-state index in [0.29, 0.717) is 25.1 Å². The van der Waals surface area contributed by atoms with E-state index in [-0.39, 0.29) is 46.1 Å². The number of aromatic amines is 1. The van der Waals surface area contributed by atoms with Crippen molar-refractivity contribution in [3.05, 3.63) is 53.1 Å². The molecule has 3 rings (SSSR count). The molecular formula is C36H59N5O4Si. The predicted molar refractivity (Wildman–Crippen MR) is 191 cm³/mol. The van der Waals surface area contributed by atoms with Crippen LogP contribution in [0.2, 0.25) is 18.1 Å². The Labute approximate surface area is 277 Å². The minimum atomic E-state index is -2.06. The molecule has 1 aliphatic carbocycles. The van der Waals surface area contributed by atoms with Gasteiger partial charge >= 0.3 is 5.97 Å². The van der Waals surface area contributed by atoms with Gasteiger partial charge in [0.15, 0.2) is 19.5 Å². The van der Waals surface area contributed by atoms with Crippen molar-refractivity contribution in [2.45, 2.75) is 141 Å². The third-order valence-corrected chi connectivity index (χ3v) is 14.1. The number of nitrogen functional groups attached to an aromatic ring is 1. The van der Waals surface area contributed by atoms with Gasteiger partial charge in [0.25, 0.3) is 5.56 Å². The van der Waals surface area contributed by atoms with Gasteiger partial charge in [0.05, 0.1) is 12.4 Å². The predicted octanol–water partition coefficient (Wildman–Crippen LogP) is 8.57. The van der Waals surface area contributed by atoms with Gasteiger partial charge in [0.1, 0.15) is 6.10 Å². The van der Waals surface area contributed by atoms with Crippen LogP contribution < -0.4 is 11.3 Å². The quantitative estimate of drug-likeness (QED) is 0.0673. The topological polar surface area (TPSA) is 125 Å². The van der Waals surface area contributed by atoms with E-state index in [4.69, 9.17) is 14.9 Å². The second-order valence-corrected chi connectivity index (χ2v) is 19.1. The van der Waals surface area contributed by atoms with Crippen molar-refractivity contribution in [3.63, 3.8) is 0 Å². The number of nitrogens with one attached hydrogen (secondary N) is 1. The van der Waals surface area contributed by atoms with Gasteiger partial charge in [-0.05, 0) is 62.2 Å². The first kappa shape index (κ1) is 37.5. The normalized spacial score (nSPS) is 19.3. The average Bonchev–Trinajstić information content (AvgIpc) is 3.53. The number of H-pyrrole nitrogens is 1. The zero-order valence-corrected chi connectivity index (χ0v) is 30.3. The first-order chi connectivity index (χ1) is 21.9. The Morgan fingerprint density at radius 3 is 2.41 bits per heavy atom. The Bertz CT molecular complexity index is 1390. The maximum absolute atomic E-state index is 13.0. The number of hydrogen-bond donors (Lipinski definition) is 2. The standard InChI is InChI=1S/C36H59N5O4Si/c1-8-9-10-11-12-13-14-15-16-17-18-19-20-21-22-23-31(42)45-30-24-29(27(2)28(30)25-44-46(6,7)36(3,4)5)41-26-38-32-33(41)39-35(37)40-34(32)43/h12-13,15-16,26,28-30H,2,8-11,14,17-25H2,1,3-7H3,(H3,37,39,40,43)/b13-12+,16-15+. The highest BCUT2D eigenvalue weighted by Crippen LogP contribution is 2.44. The van der Waals surface area contributed by atoms with Gasteiger partial charge < -0.3 is 19.5 Å². The van der Waals surface area contributed by atoms with E-state index >= 15 is 0 Å². The molecule has 256 valence electrons. The third kappa shape index (κ3) is 10.8. The van der Waals surface area contributed by atoms with Crippen molar-refractivity contribution in [2.24, 2.45) is 5.92 Å². The van der Waals surface area contributed by atoms with Crippen LogP contribution in [0.3, 0.4) is 0 Å². The molecule has 0 radical (unpaired) electrons. The second kappa shape index (κ2) is 17.8. The molecule has 2 aromatic heterocycles. The molecule has 1 fully saturated rings. The fourth-order valence-electron chi connectivity index (χ4n) is 5.65. The highest BCUT2D eigenvalue weighted by molar-refractivity contribution is 6.74. The van der Waals surface area contributed by atoms with Crippen molar-refractivity contribution in [2.75, 3.05) is 12.3 Å². The molecule has 0 aromatic carbocycles. The summed E-state index contributed by atoms with van der Waals surface area (Å²) < 4.78 is 14.6. The van der Waals surface area contributed by atoms with E-state index in [1.807, 2.05) is 4.57 Å². The summed E-state index contributed by atoms with van der Waals surface area (Å²) in [6.07, 6.45) is 23.8. The van der Waals surface area contributed by atoms with Crippen molar-refractivity contribution >= 4 is 31.4 Å². The van der Waals surface area contributed by atoms with Gasteiger partial charge in [-0.2, -0.15) is 4.98 Å². The second-order valence-electron chi connectivity index (χ2n) is 14.3. The van der Waals surface area contributed by atoms with Crippen LogP contribution in [0.5, 0.6) is 0 Å². The molecule has 1 saturated carbocycles. The van der Waals surface area contributed by atoms with E-state index in [2.05, 4.69) is 86.6 Å². The lowest BCUT2D eigenvalue weighted by Crippen LogP contribution is -2.43. The van der Waals surface area contributed by atoms with Gasteiger partial charge in [0, 0.05) is 25.4 Å². The lowest BCUT2D eigenvalue weighted by atomic mass is 10.0. The van der Waals surface area contributed by atoms with Crippen molar-refractivity contribution in [1.29, 1.82) is 0 Å². The summed E-state index contributed by atoms with van der Waals surface area (Å²) in [5.41, 5.74) is 6.97. The van der Waals surface area contributed by atoms with Gasteiger partial charge in [-0.1, -0.05) is 90.7 Å². The first-order valence-corrected chi connectivity index (χ1v) is 20.3. The first-order valence-electron chi connectivity index (χ1n) is 17.4. The summed E-state index contributed by atoms with van der Waals surface area (Å²) in [5, 5.41) is 0.0444. The highest BCUT2D eigenvalue weighted by Gasteiger charge is 2.44. The lowest BCUT2D eigenvalue weighted by Gasteiger charge is -2.37. The molecular weight excluding hydrogens is 595 g/mol. The van der Waals surface area contributed by atoms with Crippen LogP contribution >= 0.6 is 0 Å². The third-order valence-electron chi connectivity index (χ3n) is 9.64. The molecule has 3 N–H and O–H groups in total. The summed E-state index contributed by atoms with van der Waals surface area (Å²) in [6, 6.07) is -0.250. The molecule has 0 amide bonds. The molecule has 0 saturated heterocycles. The number of nitrogens with zero attached hydrogens (tertiary/aromatic N) is 3. The number of carbonyl (C=O) groups excluding carboxylic acids is 1. The van der Waals surface area contributed by atoms with Crippen molar-refractivity contribution < 1.29 is 14.0 Å². The van der Waals surface area contributed by atoms with Crippen LogP contribution in [0.1, 0.15) is 117 Å².